The Kier molecular flexibility index (Phi) is 4.45. The van der Waals surface area contributed by atoms with Crippen molar-refractivity contribution >= 4 is 11.8 Å². The Labute approximate surface area is 113 Å². The molecular weight excluding hydrogens is 238 g/mol. The molecule has 0 aliphatic carbocycles. The van der Waals surface area contributed by atoms with E-state index in [0.29, 0.717) is 0 Å². The second kappa shape index (κ2) is 6.07. The molecule has 2 rings (SSSR count). The maximum absolute atomic E-state index is 6.22. The van der Waals surface area contributed by atoms with Crippen LogP contribution in [-0.2, 0) is 0 Å². The molecule has 0 amide bonds. The molecule has 0 fully saturated rings. The molecule has 0 heterocycles. The van der Waals surface area contributed by atoms with Crippen molar-refractivity contribution in [1.82, 2.24) is 0 Å². The Morgan fingerprint density at radius 3 is 2.33 bits per heavy atom. The summed E-state index contributed by atoms with van der Waals surface area (Å²) < 4.78 is 0. The molecule has 94 valence electrons. The van der Waals surface area contributed by atoms with E-state index in [4.69, 9.17) is 5.73 Å². The highest BCUT2D eigenvalue weighted by molar-refractivity contribution is 7.99. The van der Waals surface area contributed by atoms with Crippen LogP contribution in [0.3, 0.4) is 0 Å². The molecule has 18 heavy (non-hydrogen) atoms. The Morgan fingerprint density at radius 2 is 1.67 bits per heavy atom. The van der Waals surface area contributed by atoms with Gasteiger partial charge in [0.1, 0.15) is 0 Å². The summed E-state index contributed by atoms with van der Waals surface area (Å²) in [7, 11) is 0. The Morgan fingerprint density at radius 1 is 1.00 bits per heavy atom. The van der Waals surface area contributed by atoms with Crippen LogP contribution in [0.1, 0.15) is 22.7 Å². The van der Waals surface area contributed by atoms with Gasteiger partial charge in [-0.25, -0.2) is 0 Å². The van der Waals surface area contributed by atoms with Crippen LogP contribution in [0.5, 0.6) is 0 Å². The van der Waals surface area contributed by atoms with E-state index >= 15 is 0 Å². The van der Waals surface area contributed by atoms with E-state index in [1.165, 1.54) is 21.6 Å². The van der Waals surface area contributed by atoms with Gasteiger partial charge in [-0.1, -0.05) is 48.0 Å². The summed E-state index contributed by atoms with van der Waals surface area (Å²) in [6.45, 7) is 4.23. The highest BCUT2D eigenvalue weighted by atomic mass is 32.2. The van der Waals surface area contributed by atoms with Gasteiger partial charge in [-0.05, 0) is 31.0 Å². The van der Waals surface area contributed by atoms with E-state index in [1.54, 1.807) is 0 Å². The van der Waals surface area contributed by atoms with Crippen LogP contribution in [-0.4, -0.2) is 5.75 Å². The predicted molar refractivity (Wildman–Crippen MR) is 80.0 cm³/mol. The summed E-state index contributed by atoms with van der Waals surface area (Å²) in [5, 5.41) is 0. The number of benzene rings is 2. The first-order chi connectivity index (χ1) is 8.66. The SMILES string of the molecule is Cc1ccc(C(N)CSc2ccccc2C)cc1. The quantitative estimate of drug-likeness (QED) is 0.835. The van der Waals surface area contributed by atoms with Crippen LogP contribution in [0, 0.1) is 13.8 Å². The third kappa shape index (κ3) is 3.37. The average Bonchev–Trinajstić information content (AvgIpc) is 2.38. The van der Waals surface area contributed by atoms with Crippen molar-refractivity contribution in [1.29, 1.82) is 0 Å². The van der Waals surface area contributed by atoms with Gasteiger partial charge in [0.25, 0.3) is 0 Å². The van der Waals surface area contributed by atoms with Crippen LogP contribution in [0.4, 0.5) is 0 Å². The zero-order valence-corrected chi connectivity index (χ0v) is 11.7. The van der Waals surface area contributed by atoms with Gasteiger partial charge in [0, 0.05) is 16.7 Å². The lowest BCUT2D eigenvalue weighted by molar-refractivity contribution is 0.830. The minimum atomic E-state index is 0.0928. The molecular formula is C16H19NS. The first kappa shape index (κ1) is 13.2. The molecule has 0 saturated carbocycles. The first-order valence-corrected chi connectivity index (χ1v) is 7.16. The predicted octanol–water partition coefficient (Wildman–Crippen LogP) is 4.10. The fourth-order valence-electron chi connectivity index (χ4n) is 1.81. The highest BCUT2D eigenvalue weighted by Crippen LogP contribution is 2.26. The fraction of sp³-hybridized carbons (Fsp3) is 0.250. The largest absolute Gasteiger partial charge is 0.323 e. The standard InChI is InChI=1S/C16H19NS/c1-12-7-9-14(10-8-12)15(17)11-18-16-6-4-3-5-13(16)2/h3-10,15H,11,17H2,1-2H3. The van der Waals surface area contributed by atoms with Crippen molar-refractivity contribution < 1.29 is 0 Å². The highest BCUT2D eigenvalue weighted by Gasteiger charge is 2.07. The average molecular weight is 257 g/mol. The van der Waals surface area contributed by atoms with Crippen LogP contribution >= 0.6 is 11.8 Å². The lowest BCUT2D eigenvalue weighted by Crippen LogP contribution is -2.12. The van der Waals surface area contributed by atoms with Gasteiger partial charge in [0.05, 0.1) is 0 Å². The summed E-state index contributed by atoms with van der Waals surface area (Å²) in [4.78, 5) is 1.32. The summed E-state index contributed by atoms with van der Waals surface area (Å²) in [6, 6.07) is 17.0. The normalized spacial score (nSPS) is 12.4. The summed E-state index contributed by atoms with van der Waals surface area (Å²) in [5.74, 6) is 0.911. The van der Waals surface area contributed by atoms with Gasteiger partial charge < -0.3 is 5.73 Å². The Hall–Kier alpha value is -1.25. The number of hydrogen-bond donors (Lipinski definition) is 1. The van der Waals surface area contributed by atoms with Gasteiger partial charge in [-0.2, -0.15) is 0 Å². The maximum Gasteiger partial charge on any atom is 0.0390 e. The third-order valence-corrected chi connectivity index (χ3v) is 4.31. The monoisotopic (exact) mass is 257 g/mol. The minimum absolute atomic E-state index is 0.0928. The molecule has 2 heteroatoms. The van der Waals surface area contributed by atoms with E-state index < -0.39 is 0 Å². The molecule has 1 unspecified atom stereocenters. The lowest BCUT2D eigenvalue weighted by atomic mass is 10.1. The van der Waals surface area contributed by atoms with Gasteiger partial charge in [-0.15, -0.1) is 11.8 Å². The summed E-state index contributed by atoms with van der Waals surface area (Å²) in [5.41, 5.74) is 10.0. The molecule has 1 nitrogen and oxygen atoms in total. The van der Waals surface area contributed by atoms with Gasteiger partial charge in [0.2, 0.25) is 0 Å². The fourth-order valence-corrected chi connectivity index (χ4v) is 2.83. The summed E-state index contributed by atoms with van der Waals surface area (Å²) >= 11 is 1.83. The van der Waals surface area contributed by atoms with E-state index in [2.05, 4.69) is 62.4 Å². The van der Waals surface area contributed by atoms with E-state index in [1.807, 2.05) is 11.8 Å². The molecule has 0 spiro atoms. The number of thioether (sulfide) groups is 1. The van der Waals surface area contributed by atoms with Crippen LogP contribution < -0.4 is 5.73 Å². The van der Waals surface area contributed by atoms with Gasteiger partial charge in [0.15, 0.2) is 0 Å². The van der Waals surface area contributed by atoms with E-state index in [9.17, 15) is 0 Å². The molecule has 0 aliphatic rings. The number of rotatable bonds is 4. The summed E-state index contributed by atoms with van der Waals surface area (Å²) in [6.07, 6.45) is 0. The van der Waals surface area contributed by atoms with Gasteiger partial charge >= 0.3 is 0 Å². The molecule has 2 aromatic carbocycles. The van der Waals surface area contributed by atoms with Gasteiger partial charge in [-0.3, -0.25) is 0 Å². The molecule has 0 aromatic heterocycles. The lowest BCUT2D eigenvalue weighted by Gasteiger charge is -2.13. The molecule has 0 bridgehead atoms. The van der Waals surface area contributed by atoms with Crippen molar-refractivity contribution in [3.8, 4) is 0 Å². The number of nitrogens with two attached hydrogens (primary N) is 1. The van der Waals surface area contributed by atoms with Crippen LogP contribution in [0.15, 0.2) is 53.4 Å². The van der Waals surface area contributed by atoms with Crippen LogP contribution in [0.2, 0.25) is 0 Å². The van der Waals surface area contributed by atoms with E-state index in [-0.39, 0.29) is 6.04 Å². The topological polar surface area (TPSA) is 26.0 Å². The molecule has 2 aromatic rings. The number of aryl methyl sites for hydroxylation is 2. The molecule has 1 atom stereocenters. The number of hydrogen-bond acceptors (Lipinski definition) is 2. The van der Waals surface area contributed by atoms with Crippen LogP contribution in [0.25, 0.3) is 0 Å². The molecule has 0 aliphatic heterocycles. The van der Waals surface area contributed by atoms with Crippen molar-refractivity contribution in [3.05, 3.63) is 65.2 Å². The zero-order chi connectivity index (χ0) is 13.0. The first-order valence-electron chi connectivity index (χ1n) is 6.17. The Bertz CT molecular complexity index is 505. The van der Waals surface area contributed by atoms with Crippen molar-refractivity contribution in [2.45, 2.75) is 24.8 Å². The third-order valence-electron chi connectivity index (χ3n) is 3.02. The second-order valence-electron chi connectivity index (χ2n) is 4.59. The van der Waals surface area contributed by atoms with Crippen molar-refractivity contribution in [2.75, 3.05) is 5.75 Å². The molecule has 0 radical (unpaired) electrons. The zero-order valence-electron chi connectivity index (χ0n) is 10.9. The van der Waals surface area contributed by atoms with Crippen molar-refractivity contribution in [3.63, 3.8) is 0 Å². The smallest absolute Gasteiger partial charge is 0.0390 e. The molecule has 0 saturated heterocycles. The second-order valence-corrected chi connectivity index (χ2v) is 5.66. The minimum Gasteiger partial charge on any atom is -0.323 e. The van der Waals surface area contributed by atoms with E-state index in [0.717, 1.165) is 5.75 Å². The maximum atomic E-state index is 6.22. The Balaban J connectivity index is 1.98. The molecule has 2 N–H and O–H groups in total. The van der Waals surface area contributed by atoms with Crippen molar-refractivity contribution in [2.24, 2.45) is 5.73 Å².